The summed E-state index contributed by atoms with van der Waals surface area (Å²) in [5.74, 6) is 1.05. The number of rotatable bonds is 5. The summed E-state index contributed by atoms with van der Waals surface area (Å²) >= 11 is 1.97. The van der Waals surface area contributed by atoms with Crippen LogP contribution in [-0.2, 0) is 11.3 Å². The van der Waals surface area contributed by atoms with Crippen LogP contribution in [0, 0.1) is 0 Å². The highest BCUT2D eigenvalue weighted by Crippen LogP contribution is 2.33. The molecule has 0 radical (unpaired) electrons. The third kappa shape index (κ3) is 5.15. The Hall–Kier alpha value is -1.24. The van der Waals surface area contributed by atoms with E-state index < -0.39 is 0 Å². The van der Waals surface area contributed by atoms with Crippen molar-refractivity contribution in [2.75, 3.05) is 59.2 Å². The van der Waals surface area contributed by atoms with Gasteiger partial charge in [0.1, 0.15) is 0 Å². The summed E-state index contributed by atoms with van der Waals surface area (Å²) < 4.78 is 5.83. The van der Waals surface area contributed by atoms with Gasteiger partial charge in [0.15, 0.2) is 5.96 Å². The standard InChI is InChI=1S/C20H32N4OS/c1-21-19(22-17-20(26-2)8-14-25-15-9-20)24-12-10-23(11-13-24)16-18-6-4-3-5-7-18/h3-7H,8-17H2,1-2H3,(H,21,22). The third-order valence-corrected chi connectivity index (χ3v) is 6.96. The molecule has 0 saturated carbocycles. The number of ether oxygens (including phenoxy) is 1. The van der Waals surface area contributed by atoms with Crippen molar-refractivity contribution >= 4 is 17.7 Å². The number of hydrogen-bond donors (Lipinski definition) is 1. The molecule has 1 N–H and O–H groups in total. The SMILES string of the molecule is CN=C(NCC1(SC)CCOCC1)N1CCN(Cc2ccccc2)CC1. The van der Waals surface area contributed by atoms with Crippen LogP contribution in [0.25, 0.3) is 0 Å². The molecular formula is C20H32N4OS. The van der Waals surface area contributed by atoms with Crippen molar-refractivity contribution in [2.24, 2.45) is 4.99 Å². The summed E-state index contributed by atoms with van der Waals surface area (Å²) in [5, 5.41) is 3.65. The first-order valence-corrected chi connectivity index (χ1v) is 10.8. The average Bonchev–Trinajstić information content (AvgIpc) is 2.71. The second-order valence-electron chi connectivity index (χ2n) is 7.15. The lowest BCUT2D eigenvalue weighted by Crippen LogP contribution is -2.54. The predicted octanol–water partition coefficient (Wildman–Crippen LogP) is 2.29. The Labute approximate surface area is 162 Å². The first-order chi connectivity index (χ1) is 12.7. The molecule has 0 aromatic heterocycles. The Morgan fingerprint density at radius 2 is 1.85 bits per heavy atom. The zero-order valence-electron chi connectivity index (χ0n) is 16.1. The topological polar surface area (TPSA) is 40.1 Å². The molecule has 5 nitrogen and oxygen atoms in total. The molecule has 2 saturated heterocycles. The van der Waals surface area contributed by atoms with Crippen LogP contribution in [-0.4, -0.2) is 79.7 Å². The quantitative estimate of drug-likeness (QED) is 0.631. The number of nitrogens with zero attached hydrogens (tertiary/aromatic N) is 3. The second kappa shape index (κ2) is 9.62. The van der Waals surface area contributed by atoms with Gasteiger partial charge >= 0.3 is 0 Å². The lowest BCUT2D eigenvalue weighted by molar-refractivity contribution is 0.0779. The minimum absolute atomic E-state index is 0.281. The Bertz CT molecular complexity index is 566. The van der Waals surface area contributed by atoms with Gasteiger partial charge in [-0.3, -0.25) is 9.89 Å². The number of piperazine rings is 1. The third-order valence-electron chi connectivity index (χ3n) is 5.54. The van der Waals surface area contributed by atoms with Gasteiger partial charge in [-0.15, -0.1) is 0 Å². The monoisotopic (exact) mass is 376 g/mol. The van der Waals surface area contributed by atoms with Crippen molar-refractivity contribution in [3.63, 3.8) is 0 Å². The molecule has 1 aromatic rings. The molecule has 144 valence electrons. The Balaban J connectivity index is 1.47. The first kappa shape index (κ1) is 19.5. The van der Waals surface area contributed by atoms with Crippen LogP contribution in [0.4, 0.5) is 0 Å². The van der Waals surface area contributed by atoms with Crippen LogP contribution < -0.4 is 5.32 Å². The Morgan fingerprint density at radius 3 is 2.46 bits per heavy atom. The Morgan fingerprint density at radius 1 is 1.15 bits per heavy atom. The average molecular weight is 377 g/mol. The van der Waals surface area contributed by atoms with Crippen molar-refractivity contribution in [2.45, 2.75) is 24.1 Å². The van der Waals surface area contributed by atoms with E-state index in [0.29, 0.717) is 0 Å². The number of thioether (sulfide) groups is 1. The van der Waals surface area contributed by atoms with E-state index in [9.17, 15) is 0 Å². The molecule has 2 aliphatic heterocycles. The number of aliphatic imine (C=N–C) groups is 1. The molecule has 3 rings (SSSR count). The van der Waals surface area contributed by atoms with E-state index in [4.69, 9.17) is 4.74 Å². The number of guanidine groups is 1. The van der Waals surface area contributed by atoms with E-state index in [-0.39, 0.29) is 4.75 Å². The van der Waals surface area contributed by atoms with Crippen LogP contribution in [0.2, 0.25) is 0 Å². The maximum atomic E-state index is 5.55. The number of benzene rings is 1. The minimum Gasteiger partial charge on any atom is -0.381 e. The van der Waals surface area contributed by atoms with Crippen molar-refractivity contribution in [1.29, 1.82) is 0 Å². The van der Waals surface area contributed by atoms with Crippen molar-refractivity contribution in [1.82, 2.24) is 15.1 Å². The smallest absolute Gasteiger partial charge is 0.193 e. The van der Waals surface area contributed by atoms with Gasteiger partial charge in [0.25, 0.3) is 0 Å². The minimum atomic E-state index is 0.281. The van der Waals surface area contributed by atoms with Crippen molar-refractivity contribution < 1.29 is 4.74 Å². The van der Waals surface area contributed by atoms with E-state index in [1.165, 1.54) is 5.56 Å². The van der Waals surface area contributed by atoms with Crippen LogP contribution in [0.3, 0.4) is 0 Å². The van der Waals surface area contributed by atoms with Crippen molar-refractivity contribution in [3.8, 4) is 0 Å². The molecule has 2 fully saturated rings. The molecule has 2 aliphatic rings. The van der Waals surface area contributed by atoms with Gasteiger partial charge in [0, 0.05) is 64.3 Å². The van der Waals surface area contributed by atoms with Gasteiger partial charge in [0.05, 0.1) is 0 Å². The first-order valence-electron chi connectivity index (χ1n) is 9.59. The highest BCUT2D eigenvalue weighted by molar-refractivity contribution is 8.00. The van der Waals surface area contributed by atoms with Crippen LogP contribution >= 0.6 is 11.8 Å². The molecule has 0 bridgehead atoms. The van der Waals surface area contributed by atoms with Crippen molar-refractivity contribution in [3.05, 3.63) is 35.9 Å². The van der Waals surface area contributed by atoms with Gasteiger partial charge in [0.2, 0.25) is 0 Å². The molecule has 1 aromatic carbocycles. The van der Waals surface area contributed by atoms with Crippen LogP contribution in [0.5, 0.6) is 0 Å². The van der Waals surface area contributed by atoms with E-state index in [0.717, 1.165) is 71.3 Å². The van der Waals surface area contributed by atoms with E-state index in [2.05, 4.69) is 56.7 Å². The summed E-state index contributed by atoms with van der Waals surface area (Å²) in [6.45, 7) is 7.97. The van der Waals surface area contributed by atoms with Crippen LogP contribution in [0.1, 0.15) is 18.4 Å². The molecule has 0 amide bonds. The fourth-order valence-electron chi connectivity index (χ4n) is 3.73. The molecule has 0 atom stereocenters. The fraction of sp³-hybridized carbons (Fsp3) is 0.650. The van der Waals surface area contributed by atoms with E-state index in [1.807, 2.05) is 18.8 Å². The summed E-state index contributed by atoms with van der Waals surface area (Å²) in [6, 6.07) is 10.7. The molecule has 0 spiro atoms. The normalized spacial score (nSPS) is 21.6. The summed E-state index contributed by atoms with van der Waals surface area (Å²) in [5.41, 5.74) is 1.39. The largest absolute Gasteiger partial charge is 0.381 e. The maximum absolute atomic E-state index is 5.55. The summed E-state index contributed by atoms with van der Waals surface area (Å²) in [7, 11) is 1.90. The zero-order chi connectivity index (χ0) is 18.2. The van der Waals surface area contributed by atoms with Gasteiger partial charge < -0.3 is 15.0 Å². The molecule has 26 heavy (non-hydrogen) atoms. The highest BCUT2D eigenvalue weighted by atomic mass is 32.2. The van der Waals surface area contributed by atoms with Gasteiger partial charge in [-0.1, -0.05) is 30.3 Å². The molecular weight excluding hydrogens is 344 g/mol. The Kier molecular flexibility index (Phi) is 7.23. The second-order valence-corrected chi connectivity index (χ2v) is 8.42. The lowest BCUT2D eigenvalue weighted by Gasteiger charge is -2.39. The zero-order valence-corrected chi connectivity index (χ0v) is 16.9. The van der Waals surface area contributed by atoms with Gasteiger partial charge in [-0.05, 0) is 24.7 Å². The molecule has 6 heteroatoms. The number of nitrogens with one attached hydrogen (secondary N) is 1. The van der Waals surface area contributed by atoms with Crippen LogP contribution in [0.15, 0.2) is 35.3 Å². The summed E-state index contributed by atoms with van der Waals surface area (Å²) in [6.07, 6.45) is 4.45. The maximum Gasteiger partial charge on any atom is 0.193 e. The number of hydrogen-bond acceptors (Lipinski definition) is 4. The predicted molar refractivity (Wildman–Crippen MR) is 111 cm³/mol. The van der Waals surface area contributed by atoms with Gasteiger partial charge in [-0.25, -0.2) is 0 Å². The van der Waals surface area contributed by atoms with E-state index in [1.54, 1.807) is 0 Å². The van der Waals surface area contributed by atoms with E-state index >= 15 is 0 Å². The lowest BCUT2D eigenvalue weighted by atomic mass is 9.99. The highest BCUT2D eigenvalue weighted by Gasteiger charge is 2.32. The summed E-state index contributed by atoms with van der Waals surface area (Å²) in [4.78, 5) is 9.47. The molecule has 2 heterocycles. The fourth-order valence-corrected chi connectivity index (χ4v) is 4.52. The van der Waals surface area contributed by atoms with Gasteiger partial charge in [-0.2, -0.15) is 11.8 Å². The molecule has 0 aliphatic carbocycles. The molecule has 0 unspecified atom stereocenters.